The monoisotopic (exact) mass is 653 g/mol. The van der Waals surface area contributed by atoms with Crippen LogP contribution in [0.2, 0.25) is 0 Å². The molecule has 8 bridgehead atoms. The van der Waals surface area contributed by atoms with Gasteiger partial charge in [0, 0.05) is 63.1 Å². The second-order valence-electron chi connectivity index (χ2n) is 10.7. The van der Waals surface area contributed by atoms with Crippen LogP contribution < -0.4 is 0 Å². The molecule has 5 rings (SSSR count). The largest absolute Gasteiger partial charge is 0.481 e. The first-order chi connectivity index (χ1) is 20.0. The zero-order chi connectivity index (χ0) is 30.3. The maximum atomic E-state index is 11.5. The fourth-order valence-electron chi connectivity index (χ4n) is 5.77. The fourth-order valence-corrected chi connectivity index (χ4v) is 5.77. The molecule has 0 aliphatic carbocycles. The smallest absolute Gasteiger partial charge is 0.303 e. The van der Waals surface area contributed by atoms with Gasteiger partial charge in [0.25, 0.3) is 0 Å². The molecule has 3 aromatic heterocycles. The number of allylic oxidation sites excluding steroid dienone is 5. The van der Waals surface area contributed by atoms with Gasteiger partial charge in [-0.25, -0.2) is 9.97 Å². The number of aliphatic carboxylic acids is 2. The molecule has 229 valence electrons. The molecule has 2 aliphatic rings. The molecule has 0 saturated carbocycles. The van der Waals surface area contributed by atoms with Crippen molar-refractivity contribution in [3.8, 4) is 0 Å². The van der Waals surface area contributed by atoms with E-state index in [9.17, 15) is 19.8 Å². The number of nitrogens with one attached hydrogen (secondary N) is 2. The zero-order valence-electron chi connectivity index (χ0n) is 25.1. The number of aromatic nitrogens is 4. The van der Waals surface area contributed by atoms with Gasteiger partial charge in [-0.05, 0) is 98.2 Å². The molecule has 10 heteroatoms. The summed E-state index contributed by atoms with van der Waals surface area (Å²) in [5, 5.41) is 18.9. The molecule has 3 aromatic rings. The maximum Gasteiger partial charge on any atom is 0.303 e. The molecule has 0 aromatic carbocycles. The topological polar surface area (TPSA) is 132 Å². The summed E-state index contributed by atoms with van der Waals surface area (Å²) >= 11 is 0. The first kappa shape index (κ1) is 34.3. The van der Waals surface area contributed by atoms with Gasteiger partial charge in [0.2, 0.25) is 0 Å². The molecule has 0 unspecified atom stereocenters. The molecule has 2 aliphatic heterocycles. The standard InChI is InChI=1S/C34H34N4O4.ClH.Mn/c1-7-21-17(3)25-13-26-19(5)23(9-11-33(39)40)31(37-26)16-32-24(10-12-34(41)42)20(6)28(38-32)15-30-22(8-2)18(4)27(36-30)14-29(21)35-25;;/h7-8,13-16,35,38H,1-2,9-12H2,3-6H3,(H,39,40)(H,41,42);1H;. The van der Waals surface area contributed by atoms with E-state index in [1.54, 1.807) is 6.08 Å². The number of aryl methyl sites for hydroxylation is 3. The Hall–Kier alpha value is -4.17. The summed E-state index contributed by atoms with van der Waals surface area (Å²) in [5.74, 6) is -1.76. The Morgan fingerprint density at radius 2 is 1.25 bits per heavy atom. The summed E-state index contributed by atoms with van der Waals surface area (Å²) in [7, 11) is 0. The number of halogens is 1. The van der Waals surface area contributed by atoms with E-state index in [1.807, 2.05) is 58.0 Å². The van der Waals surface area contributed by atoms with Crippen LogP contribution in [-0.4, -0.2) is 42.1 Å². The van der Waals surface area contributed by atoms with E-state index < -0.39 is 11.9 Å². The van der Waals surface area contributed by atoms with Gasteiger partial charge in [-0.2, -0.15) is 0 Å². The number of aromatic amines is 2. The Kier molecular flexibility index (Phi) is 10.6. The fraction of sp³-hybridized carbons (Fsp3) is 0.235. The van der Waals surface area contributed by atoms with Crippen molar-refractivity contribution in [2.24, 2.45) is 0 Å². The SMILES string of the molecule is C=CC1=C(C)c2cc3[nH]c(cc4nc(cc5[nH]c(cc1n2)c(C)c5CCC(=O)O)C(CCC(=O)O)=C4C)c(C)c3C=C.Cl.[Mn]. The predicted molar refractivity (Wildman–Crippen MR) is 176 cm³/mol. The number of carboxylic acid groups (broad SMARTS) is 2. The minimum absolute atomic E-state index is 0. The minimum atomic E-state index is -0.883. The van der Waals surface area contributed by atoms with Crippen LogP contribution in [0, 0.1) is 13.8 Å². The van der Waals surface area contributed by atoms with E-state index >= 15 is 0 Å². The summed E-state index contributed by atoms with van der Waals surface area (Å²) in [5.41, 5.74) is 13.7. The van der Waals surface area contributed by atoms with Crippen molar-refractivity contribution in [3.05, 3.63) is 88.5 Å². The average Bonchev–Trinajstić information content (AvgIpc) is 3.59. The van der Waals surface area contributed by atoms with E-state index in [-0.39, 0.29) is 42.3 Å². The molecule has 4 N–H and O–H groups in total. The third-order valence-corrected chi connectivity index (χ3v) is 8.22. The normalized spacial score (nSPS) is 12.5. The Labute approximate surface area is 272 Å². The van der Waals surface area contributed by atoms with Crippen LogP contribution in [0.15, 0.2) is 43.5 Å². The van der Waals surface area contributed by atoms with Crippen LogP contribution in [-0.2, 0) is 33.1 Å². The van der Waals surface area contributed by atoms with Gasteiger partial charge >= 0.3 is 11.9 Å². The van der Waals surface area contributed by atoms with E-state index in [4.69, 9.17) is 9.97 Å². The number of carbonyl (C=O) groups is 2. The third kappa shape index (κ3) is 6.36. The minimum Gasteiger partial charge on any atom is -0.481 e. The van der Waals surface area contributed by atoms with Crippen LogP contribution in [0.1, 0.15) is 78.1 Å². The number of H-pyrrole nitrogens is 2. The van der Waals surface area contributed by atoms with Crippen LogP contribution in [0.5, 0.6) is 0 Å². The van der Waals surface area contributed by atoms with Gasteiger partial charge in [-0.15, -0.1) is 12.4 Å². The second kappa shape index (κ2) is 13.6. The number of hydrogen-bond donors (Lipinski definition) is 4. The predicted octanol–water partition coefficient (Wildman–Crippen LogP) is 7.92. The molecule has 8 nitrogen and oxygen atoms in total. The summed E-state index contributed by atoms with van der Waals surface area (Å²) in [6.07, 6.45) is 4.22. The summed E-state index contributed by atoms with van der Waals surface area (Å²) in [6, 6.07) is 7.88. The van der Waals surface area contributed by atoms with Gasteiger partial charge in [0.15, 0.2) is 0 Å². The molecule has 0 amide bonds. The zero-order valence-corrected chi connectivity index (χ0v) is 27.1. The molecule has 0 atom stereocenters. The van der Waals surface area contributed by atoms with E-state index in [0.29, 0.717) is 18.5 Å². The first-order valence-corrected chi connectivity index (χ1v) is 13.9. The number of carboxylic acids is 2. The summed E-state index contributed by atoms with van der Waals surface area (Å²) in [4.78, 5) is 40.0. The second-order valence-corrected chi connectivity index (χ2v) is 10.7. The Balaban J connectivity index is 0.00000264. The van der Waals surface area contributed by atoms with Gasteiger partial charge in [-0.1, -0.05) is 25.3 Å². The Bertz CT molecular complexity index is 1930. The number of nitrogens with zero attached hydrogens (tertiary/aromatic N) is 2. The summed E-state index contributed by atoms with van der Waals surface area (Å²) < 4.78 is 0. The van der Waals surface area contributed by atoms with Crippen LogP contribution in [0.25, 0.3) is 50.4 Å². The molecule has 1 radical (unpaired) electrons. The molecular weight excluding hydrogens is 619 g/mol. The number of hydrogen-bond acceptors (Lipinski definition) is 4. The van der Waals surface area contributed by atoms with Gasteiger partial charge in [0.1, 0.15) is 0 Å². The van der Waals surface area contributed by atoms with E-state index in [2.05, 4.69) is 23.1 Å². The number of fused-ring (bicyclic) bond motifs is 8. The molecule has 44 heavy (non-hydrogen) atoms. The molecule has 5 heterocycles. The molecule has 0 fully saturated rings. The van der Waals surface area contributed by atoms with E-state index in [0.717, 1.165) is 83.7 Å². The van der Waals surface area contributed by atoms with E-state index in [1.165, 1.54) is 0 Å². The van der Waals surface area contributed by atoms with Crippen LogP contribution in [0.3, 0.4) is 0 Å². The first-order valence-electron chi connectivity index (χ1n) is 13.9. The third-order valence-electron chi connectivity index (χ3n) is 8.22. The van der Waals surface area contributed by atoms with Gasteiger partial charge < -0.3 is 20.2 Å². The average molecular weight is 654 g/mol. The quantitative estimate of drug-likeness (QED) is 0.183. The van der Waals surface area contributed by atoms with Gasteiger partial charge in [0.05, 0.1) is 22.8 Å². The van der Waals surface area contributed by atoms with Crippen LogP contribution >= 0.6 is 12.4 Å². The van der Waals surface area contributed by atoms with Crippen molar-refractivity contribution in [1.29, 1.82) is 0 Å². The van der Waals surface area contributed by atoms with Crippen molar-refractivity contribution in [2.75, 3.05) is 0 Å². The molecular formula is C34H35ClMnN4O4. The Morgan fingerprint density at radius 1 is 0.727 bits per heavy atom. The Morgan fingerprint density at radius 3 is 1.89 bits per heavy atom. The van der Waals surface area contributed by atoms with Crippen molar-refractivity contribution in [3.63, 3.8) is 0 Å². The van der Waals surface area contributed by atoms with Gasteiger partial charge in [-0.3, -0.25) is 9.59 Å². The number of rotatable bonds is 8. The van der Waals surface area contributed by atoms with Crippen molar-refractivity contribution in [2.45, 2.75) is 53.4 Å². The molecule has 0 saturated heterocycles. The van der Waals surface area contributed by atoms with Crippen molar-refractivity contribution >= 4 is 74.8 Å². The summed E-state index contributed by atoms with van der Waals surface area (Å²) in [6.45, 7) is 16.0. The van der Waals surface area contributed by atoms with Crippen molar-refractivity contribution < 1.29 is 36.9 Å². The maximum absolute atomic E-state index is 11.5. The van der Waals surface area contributed by atoms with Crippen LogP contribution in [0.4, 0.5) is 0 Å². The van der Waals surface area contributed by atoms with Crippen molar-refractivity contribution in [1.82, 2.24) is 19.9 Å². The molecule has 0 spiro atoms.